The molecule has 0 aliphatic heterocycles. The maximum absolute atomic E-state index is 10.8. The second-order valence-electron chi connectivity index (χ2n) is 7.59. The molecule has 98 valence electrons. The first-order chi connectivity index (χ1) is 8.00. The number of hydrogen-bond donors (Lipinski definition) is 2. The Bertz CT molecular complexity index is 264. The zero-order valence-electron chi connectivity index (χ0n) is 11.6. The van der Waals surface area contributed by atoms with Gasteiger partial charge >= 0.3 is 0 Å². The molecule has 4 aliphatic rings. The fraction of sp³-hybridized carbons (Fsp3) is 1.00. The van der Waals surface area contributed by atoms with Crippen molar-refractivity contribution in [1.29, 1.82) is 0 Å². The molecule has 4 rings (SSSR count). The smallest absolute Gasteiger partial charge is 0.111 e. The molecular formula is C15H28NO+. The summed E-state index contributed by atoms with van der Waals surface area (Å²) in [6, 6.07) is 0.381. The molecule has 0 radical (unpaired) electrons. The van der Waals surface area contributed by atoms with Crippen LogP contribution in [0.5, 0.6) is 0 Å². The molecule has 4 saturated carbocycles. The lowest BCUT2D eigenvalue weighted by atomic mass is 9.47. The first-order valence-electron chi connectivity index (χ1n) is 7.48. The van der Waals surface area contributed by atoms with Gasteiger partial charge in [0.2, 0.25) is 0 Å². The normalized spacial score (nSPS) is 47.5. The monoisotopic (exact) mass is 238 g/mol. The van der Waals surface area contributed by atoms with Crippen molar-refractivity contribution in [3.63, 3.8) is 0 Å². The summed E-state index contributed by atoms with van der Waals surface area (Å²) in [7, 11) is 4.35. The minimum absolute atomic E-state index is 0.0825. The molecule has 4 aliphatic carbocycles. The lowest BCUT2D eigenvalue weighted by Gasteiger charge is -2.59. The van der Waals surface area contributed by atoms with Gasteiger partial charge in [-0.15, -0.1) is 0 Å². The average molecular weight is 238 g/mol. The van der Waals surface area contributed by atoms with Crippen LogP contribution in [0.2, 0.25) is 0 Å². The third-order valence-electron chi connectivity index (χ3n) is 6.10. The van der Waals surface area contributed by atoms with Crippen molar-refractivity contribution in [2.24, 2.45) is 23.2 Å². The molecule has 17 heavy (non-hydrogen) atoms. The van der Waals surface area contributed by atoms with E-state index in [1.54, 1.807) is 0 Å². The summed E-state index contributed by atoms with van der Waals surface area (Å²) < 4.78 is 0. The molecule has 2 nitrogen and oxygen atoms in total. The first kappa shape index (κ1) is 12.0. The Morgan fingerprint density at radius 3 is 1.76 bits per heavy atom. The van der Waals surface area contributed by atoms with E-state index in [0.29, 0.717) is 11.5 Å². The number of aliphatic hydroxyl groups excluding tert-OH is 1. The molecule has 2 heteroatoms. The molecule has 0 aromatic carbocycles. The summed E-state index contributed by atoms with van der Waals surface area (Å²) in [5, 5.41) is 10.8. The maximum atomic E-state index is 10.8. The van der Waals surface area contributed by atoms with Crippen molar-refractivity contribution in [1.82, 2.24) is 0 Å². The predicted molar refractivity (Wildman–Crippen MR) is 68.9 cm³/mol. The van der Waals surface area contributed by atoms with Gasteiger partial charge < -0.3 is 10.0 Å². The fourth-order valence-electron chi connectivity index (χ4n) is 5.39. The van der Waals surface area contributed by atoms with Gasteiger partial charge in [-0.05, 0) is 63.2 Å². The van der Waals surface area contributed by atoms with E-state index >= 15 is 0 Å². The molecule has 0 aromatic heterocycles. The number of hydrogen-bond acceptors (Lipinski definition) is 1. The van der Waals surface area contributed by atoms with Crippen molar-refractivity contribution in [3.8, 4) is 0 Å². The van der Waals surface area contributed by atoms with Crippen molar-refractivity contribution in [3.05, 3.63) is 0 Å². The molecule has 0 spiro atoms. The minimum Gasteiger partial charge on any atom is -0.386 e. The Hall–Kier alpha value is -0.0800. The van der Waals surface area contributed by atoms with Gasteiger partial charge in [-0.25, -0.2) is 0 Å². The molecular weight excluding hydrogens is 210 g/mol. The Kier molecular flexibility index (Phi) is 2.79. The average Bonchev–Trinajstić information content (AvgIpc) is 2.25. The van der Waals surface area contributed by atoms with Gasteiger partial charge in [-0.1, -0.05) is 0 Å². The topological polar surface area (TPSA) is 24.7 Å². The van der Waals surface area contributed by atoms with Crippen LogP contribution in [-0.4, -0.2) is 31.3 Å². The molecule has 0 aromatic rings. The highest BCUT2D eigenvalue weighted by Gasteiger charge is 2.55. The summed E-state index contributed by atoms with van der Waals surface area (Å²) in [5.41, 5.74) is 0.297. The van der Waals surface area contributed by atoms with Crippen LogP contribution in [0.3, 0.4) is 0 Å². The standard InChI is InChI=1S/C15H27NO/c1-10(16(2)3)14(17)15-7-11-4-12(8-15)6-13(5-11)9-15/h10-14,17H,4-9H2,1-3H3/p+1. The number of likely N-dealkylation sites (N-methyl/N-ethyl adjacent to an activating group) is 1. The summed E-state index contributed by atoms with van der Waals surface area (Å²) >= 11 is 0. The van der Waals surface area contributed by atoms with Crippen LogP contribution in [0, 0.1) is 23.2 Å². The molecule has 0 heterocycles. The predicted octanol–water partition coefficient (Wildman–Crippen LogP) is 1.10. The highest BCUT2D eigenvalue weighted by atomic mass is 16.3. The number of quaternary nitrogens is 1. The summed E-state index contributed by atoms with van der Waals surface area (Å²) in [6.07, 6.45) is 8.27. The van der Waals surface area contributed by atoms with Gasteiger partial charge in [0.05, 0.1) is 14.1 Å². The third-order valence-corrected chi connectivity index (χ3v) is 6.10. The number of aliphatic hydroxyl groups is 1. The molecule has 4 fully saturated rings. The molecule has 0 amide bonds. The maximum Gasteiger partial charge on any atom is 0.111 e. The first-order valence-corrected chi connectivity index (χ1v) is 7.48. The van der Waals surface area contributed by atoms with E-state index in [4.69, 9.17) is 0 Å². The van der Waals surface area contributed by atoms with Crippen molar-refractivity contribution < 1.29 is 10.0 Å². The van der Waals surface area contributed by atoms with Gasteiger partial charge in [0, 0.05) is 5.41 Å². The lowest BCUT2D eigenvalue weighted by molar-refractivity contribution is -0.889. The van der Waals surface area contributed by atoms with E-state index in [9.17, 15) is 5.11 Å². The highest BCUT2D eigenvalue weighted by molar-refractivity contribution is 5.05. The number of rotatable bonds is 3. The molecule has 0 saturated heterocycles. The quantitative estimate of drug-likeness (QED) is 0.756. The van der Waals surface area contributed by atoms with Gasteiger partial charge in [-0.3, -0.25) is 0 Å². The Labute approximate surface area is 105 Å². The van der Waals surface area contributed by atoms with Crippen LogP contribution >= 0.6 is 0 Å². The highest BCUT2D eigenvalue weighted by Crippen LogP contribution is 2.61. The van der Waals surface area contributed by atoms with Crippen molar-refractivity contribution >= 4 is 0 Å². The van der Waals surface area contributed by atoms with Gasteiger partial charge in [0.15, 0.2) is 0 Å². The summed E-state index contributed by atoms with van der Waals surface area (Å²) in [6.45, 7) is 2.22. The van der Waals surface area contributed by atoms with Crippen LogP contribution in [0.4, 0.5) is 0 Å². The third kappa shape index (κ3) is 1.84. The zero-order chi connectivity index (χ0) is 12.2. The van der Waals surface area contributed by atoms with Crippen LogP contribution in [0.25, 0.3) is 0 Å². The van der Waals surface area contributed by atoms with E-state index in [-0.39, 0.29) is 6.10 Å². The Balaban J connectivity index is 1.81. The SMILES string of the molecule is CC(C(O)C12CC3CC(CC(C3)C1)C2)[NH+](C)C. The largest absolute Gasteiger partial charge is 0.386 e. The number of nitrogens with one attached hydrogen (secondary N) is 1. The van der Waals surface area contributed by atoms with E-state index < -0.39 is 0 Å². The summed E-state index contributed by atoms with van der Waals surface area (Å²) in [5.74, 6) is 2.83. The second-order valence-corrected chi connectivity index (χ2v) is 7.59. The lowest BCUT2D eigenvalue weighted by Crippen LogP contribution is -3.11. The Morgan fingerprint density at radius 1 is 1.00 bits per heavy atom. The van der Waals surface area contributed by atoms with E-state index in [0.717, 1.165) is 17.8 Å². The van der Waals surface area contributed by atoms with Gasteiger partial charge in [0.25, 0.3) is 0 Å². The Morgan fingerprint density at radius 2 is 1.41 bits per heavy atom. The van der Waals surface area contributed by atoms with E-state index in [1.165, 1.54) is 43.4 Å². The van der Waals surface area contributed by atoms with Crippen molar-refractivity contribution in [2.75, 3.05) is 14.1 Å². The van der Waals surface area contributed by atoms with E-state index in [1.807, 2.05) is 0 Å². The van der Waals surface area contributed by atoms with Crippen LogP contribution in [0.1, 0.15) is 45.4 Å². The van der Waals surface area contributed by atoms with Crippen LogP contribution in [0.15, 0.2) is 0 Å². The van der Waals surface area contributed by atoms with Crippen LogP contribution in [-0.2, 0) is 0 Å². The van der Waals surface area contributed by atoms with Crippen LogP contribution < -0.4 is 4.90 Å². The van der Waals surface area contributed by atoms with Gasteiger partial charge in [-0.2, -0.15) is 0 Å². The van der Waals surface area contributed by atoms with E-state index in [2.05, 4.69) is 21.0 Å². The second kappa shape index (κ2) is 3.96. The van der Waals surface area contributed by atoms with Gasteiger partial charge in [0.1, 0.15) is 12.1 Å². The molecule has 2 atom stereocenters. The zero-order valence-corrected chi connectivity index (χ0v) is 11.6. The summed E-state index contributed by atoms with van der Waals surface area (Å²) in [4.78, 5) is 1.40. The fourth-order valence-corrected chi connectivity index (χ4v) is 5.39. The van der Waals surface area contributed by atoms with Crippen molar-refractivity contribution in [2.45, 2.75) is 57.6 Å². The molecule has 2 unspecified atom stereocenters. The molecule has 4 bridgehead atoms. The minimum atomic E-state index is -0.0825. The molecule has 2 N–H and O–H groups in total.